The smallest absolute Gasteiger partial charge is 0.271 e. The first-order valence-electron chi connectivity index (χ1n) is 3.70. The van der Waals surface area contributed by atoms with Crippen molar-refractivity contribution in [1.82, 2.24) is 0 Å². The first-order valence-corrected chi connectivity index (χ1v) is 5.02. The van der Waals surface area contributed by atoms with E-state index in [9.17, 15) is 19.3 Å². The van der Waals surface area contributed by atoms with E-state index in [1.165, 1.54) is 0 Å². The summed E-state index contributed by atoms with van der Waals surface area (Å²) in [6, 6.07) is 1.85. The van der Waals surface area contributed by atoms with E-state index in [1.54, 1.807) is 0 Å². The summed E-state index contributed by atoms with van der Waals surface area (Å²) in [6.07, 6.45) is 0. The maximum Gasteiger partial charge on any atom is 0.271 e. The van der Waals surface area contributed by atoms with E-state index >= 15 is 0 Å². The van der Waals surface area contributed by atoms with Gasteiger partial charge in [-0.3, -0.25) is 14.9 Å². The minimum Gasteiger partial charge on any atom is -0.293 e. The number of nitrogens with zero attached hydrogens (tertiary/aromatic N) is 1. The molecule has 0 saturated heterocycles. The number of carbonyl (C=O) groups excluding carboxylic acids is 1. The number of alkyl halides is 1. The first kappa shape index (κ1) is 12.1. The average Bonchev–Trinajstić information content (AvgIpc) is 2.20. The van der Waals surface area contributed by atoms with E-state index in [-0.39, 0.29) is 15.7 Å². The van der Waals surface area contributed by atoms with E-state index in [2.05, 4.69) is 15.9 Å². The normalized spacial score (nSPS) is 10.1. The van der Waals surface area contributed by atoms with E-state index in [4.69, 9.17) is 11.6 Å². The Morgan fingerprint density at radius 3 is 2.67 bits per heavy atom. The Hall–Kier alpha value is -1.01. The van der Waals surface area contributed by atoms with Gasteiger partial charge >= 0.3 is 0 Å². The van der Waals surface area contributed by atoms with E-state index in [0.717, 1.165) is 12.1 Å². The summed E-state index contributed by atoms with van der Waals surface area (Å²) >= 11 is 8.03. The third-order valence-electron chi connectivity index (χ3n) is 1.65. The summed E-state index contributed by atoms with van der Waals surface area (Å²) in [7, 11) is 0. The highest BCUT2D eigenvalue weighted by atomic mass is 79.9. The molecule has 1 aromatic rings. The molecular weight excluding hydrogens is 292 g/mol. The van der Waals surface area contributed by atoms with Gasteiger partial charge in [0.1, 0.15) is 5.82 Å². The topological polar surface area (TPSA) is 60.2 Å². The monoisotopic (exact) mass is 295 g/mol. The predicted octanol–water partition coefficient (Wildman–Crippen LogP) is 2.92. The van der Waals surface area contributed by atoms with Crippen LogP contribution in [0.15, 0.2) is 16.6 Å². The molecule has 0 spiro atoms. The summed E-state index contributed by atoms with van der Waals surface area (Å²) in [5, 5.41) is 10.4. The second kappa shape index (κ2) is 4.67. The summed E-state index contributed by atoms with van der Waals surface area (Å²) in [5.41, 5.74) is -0.747. The third-order valence-corrected chi connectivity index (χ3v) is 2.47. The van der Waals surface area contributed by atoms with Gasteiger partial charge in [-0.15, -0.1) is 11.6 Å². The van der Waals surface area contributed by atoms with Crippen LogP contribution in [-0.2, 0) is 0 Å². The number of benzene rings is 1. The van der Waals surface area contributed by atoms with Gasteiger partial charge in [0.05, 0.1) is 20.8 Å². The van der Waals surface area contributed by atoms with Gasteiger partial charge in [-0.25, -0.2) is 4.39 Å². The Morgan fingerprint density at radius 2 is 2.20 bits per heavy atom. The lowest BCUT2D eigenvalue weighted by atomic mass is 10.1. The number of hydrogen-bond donors (Lipinski definition) is 0. The number of carbonyl (C=O) groups is 1. The summed E-state index contributed by atoms with van der Waals surface area (Å²) in [6.45, 7) is 0. The summed E-state index contributed by atoms with van der Waals surface area (Å²) in [5.74, 6) is -1.96. The number of rotatable bonds is 3. The molecule has 0 radical (unpaired) electrons. The van der Waals surface area contributed by atoms with Crippen LogP contribution in [0.25, 0.3) is 0 Å². The molecular formula is C8H4BrClFNO3. The van der Waals surface area contributed by atoms with E-state index < -0.39 is 22.4 Å². The van der Waals surface area contributed by atoms with Gasteiger partial charge in [0.25, 0.3) is 5.69 Å². The molecule has 1 aromatic carbocycles. The van der Waals surface area contributed by atoms with Gasteiger partial charge in [0.2, 0.25) is 0 Å². The molecule has 0 atom stereocenters. The highest BCUT2D eigenvalue weighted by Crippen LogP contribution is 2.26. The molecule has 0 fully saturated rings. The number of halogens is 3. The fraction of sp³-hybridized carbons (Fsp3) is 0.125. The number of non-ortho nitro benzene ring substituents is 1. The van der Waals surface area contributed by atoms with Crippen LogP contribution in [0, 0.1) is 15.9 Å². The molecule has 4 nitrogen and oxygen atoms in total. The van der Waals surface area contributed by atoms with Crippen LogP contribution >= 0.6 is 27.5 Å². The predicted molar refractivity (Wildman–Crippen MR) is 55.8 cm³/mol. The average molecular weight is 296 g/mol. The Balaban J connectivity index is 3.37. The highest BCUT2D eigenvalue weighted by molar-refractivity contribution is 9.10. The van der Waals surface area contributed by atoms with Gasteiger partial charge < -0.3 is 0 Å². The lowest BCUT2D eigenvalue weighted by Gasteiger charge is -2.01. The Kier molecular flexibility index (Phi) is 3.76. The fourth-order valence-corrected chi connectivity index (χ4v) is 1.55. The molecule has 15 heavy (non-hydrogen) atoms. The second-order valence-electron chi connectivity index (χ2n) is 2.60. The number of ketones is 1. The molecule has 1 rings (SSSR count). The zero-order chi connectivity index (χ0) is 11.6. The molecule has 0 aliphatic heterocycles. The minimum absolute atomic E-state index is 0.134. The SMILES string of the molecule is O=C(CCl)c1cc([N+](=O)[O-])cc(Br)c1F. The molecule has 0 bridgehead atoms. The van der Waals surface area contributed by atoms with Crippen molar-refractivity contribution in [2.45, 2.75) is 0 Å². The zero-order valence-electron chi connectivity index (χ0n) is 7.17. The standard InChI is InChI=1S/C8H4BrClFNO3/c9-6-2-4(12(14)15)1-5(8(6)11)7(13)3-10/h1-2H,3H2. The van der Waals surface area contributed by atoms with Gasteiger partial charge in [-0.2, -0.15) is 0 Å². The molecule has 7 heteroatoms. The molecule has 0 aromatic heterocycles. The van der Waals surface area contributed by atoms with Gasteiger partial charge in [-0.05, 0) is 15.9 Å². The molecule has 80 valence electrons. The maximum atomic E-state index is 13.3. The molecule has 0 amide bonds. The van der Waals surface area contributed by atoms with Crippen LogP contribution in [0.4, 0.5) is 10.1 Å². The van der Waals surface area contributed by atoms with Crippen LogP contribution in [0.2, 0.25) is 0 Å². The van der Waals surface area contributed by atoms with Crippen molar-refractivity contribution in [2.75, 3.05) is 5.88 Å². The largest absolute Gasteiger partial charge is 0.293 e. The van der Waals surface area contributed by atoms with Crippen molar-refractivity contribution in [3.63, 3.8) is 0 Å². The van der Waals surface area contributed by atoms with Crippen LogP contribution < -0.4 is 0 Å². The molecule has 0 saturated carbocycles. The van der Waals surface area contributed by atoms with Crippen molar-refractivity contribution in [3.8, 4) is 0 Å². The summed E-state index contributed by atoms with van der Waals surface area (Å²) < 4.78 is 13.2. The lowest BCUT2D eigenvalue weighted by Crippen LogP contribution is -2.05. The van der Waals surface area contributed by atoms with Crippen LogP contribution in [0.5, 0.6) is 0 Å². The maximum absolute atomic E-state index is 13.3. The molecule has 0 unspecified atom stereocenters. The van der Waals surface area contributed by atoms with Crippen LogP contribution in [0.1, 0.15) is 10.4 Å². The van der Waals surface area contributed by atoms with Gasteiger partial charge in [0, 0.05) is 12.1 Å². The van der Waals surface area contributed by atoms with E-state index in [0.29, 0.717) is 0 Å². The Bertz CT molecular complexity index is 438. The number of hydrogen-bond acceptors (Lipinski definition) is 3. The highest BCUT2D eigenvalue weighted by Gasteiger charge is 2.19. The number of nitro benzene ring substituents is 1. The minimum atomic E-state index is -0.841. The fourth-order valence-electron chi connectivity index (χ4n) is 0.955. The molecule has 0 N–H and O–H groups in total. The van der Waals surface area contributed by atoms with Crippen molar-refractivity contribution in [3.05, 3.63) is 38.1 Å². The van der Waals surface area contributed by atoms with Crippen LogP contribution in [-0.4, -0.2) is 16.6 Å². The summed E-state index contributed by atoms with van der Waals surface area (Å²) in [4.78, 5) is 20.9. The van der Waals surface area contributed by atoms with Crippen molar-refractivity contribution in [2.24, 2.45) is 0 Å². The first-order chi connectivity index (χ1) is 6.97. The molecule has 0 heterocycles. The van der Waals surface area contributed by atoms with Crippen LogP contribution in [0.3, 0.4) is 0 Å². The van der Waals surface area contributed by atoms with Gasteiger partial charge in [0.15, 0.2) is 5.78 Å². The van der Waals surface area contributed by atoms with Gasteiger partial charge in [-0.1, -0.05) is 0 Å². The second-order valence-corrected chi connectivity index (χ2v) is 3.72. The quantitative estimate of drug-likeness (QED) is 0.373. The Morgan fingerprint density at radius 1 is 1.60 bits per heavy atom. The molecule has 0 aliphatic rings. The van der Waals surface area contributed by atoms with E-state index in [1.807, 2.05) is 0 Å². The van der Waals surface area contributed by atoms with Crippen molar-refractivity contribution < 1.29 is 14.1 Å². The Labute approximate surface area is 97.3 Å². The lowest BCUT2D eigenvalue weighted by molar-refractivity contribution is -0.385. The third kappa shape index (κ3) is 2.51. The zero-order valence-corrected chi connectivity index (χ0v) is 9.51. The number of nitro groups is 1. The molecule has 0 aliphatic carbocycles. The van der Waals surface area contributed by atoms with Crippen molar-refractivity contribution >= 4 is 39.0 Å². The number of Topliss-reactive ketones (excluding diaryl/α,β-unsaturated/α-hetero) is 1. The van der Waals surface area contributed by atoms with Crippen molar-refractivity contribution in [1.29, 1.82) is 0 Å².